The minimum absolute atomic E-state index is 0.365. The van der Waals surface area contributed by atoms with Crippen molar-refractivity contribution >= 4 is 45.2 Å². The molecular formula is C9H8FI2. The van der Waals surface area contributed by atoms with Gasteiger partial charge in [-0.1, -0.05) is 6.92 Å². The fraction of sp³-hybridized carbons (Fsp3) is 0.222. The lowest BCUT2D eigenvalue weighted by Gasteiger charge is -2.07. The van der Waals surface area contributed by atoms with Crippen LogP contribution in [0.2, 0.25) is 0 Å². The molecule has 1 aromatic carbocycles. The maximum absolute atomic E-state index is 12.3. The van der Waals surface area contributed by atoms with E-state index in [1.165, 1.54) is 0 Å². The zero-order chi connectivity index (χ0) is 9.14. The third kappa shape index (κ3) is 2.83. The van der Waals surface area contributed by atoms with Crippen molar-refractivity contribution in [2.24, 2.45) is 0 Å². The predicted molar refractivity (Wildman–Crippen MR) is 65.9 cm³/mol. The average Bonchev–Trinajstić information content (AvgIpc) is 2.01. The van der Waals surface area contributed by atoms with Crippen molar-refractivity contribution in [3.8, 4) is 0 Å². The van der Waals surface area contributed by atoms with Gasteiger partial charge in [0.25, 0.3) is 0 Å². The Morgan fingerprint density at radius 3 is 2.17 bits per heavy atom. The van der Waals surface area contributed by atoms with E-state index in [9.17, 15) is 4.39 Å². The van der Waals surface area contributed by atoms with Gasteiger partial charge in [-0.15, -0.1) is 0 Å². The lowest BCUT2D eigenvalue weighted by Crippen LogP contribution is -1.97. The van der Waals surface area contributed by atoms with E-state index in [2.05, 4.69) is 51.2 Å². The third-order valence-electron chi connectivity index (χ3n) is 1.56. The van der Waals surface area contributed by atoms with E-state index in [-0.39, 0.29) is 6.67 Å². The molecule has 0 amide bonds. The highest BCUT2D eigenvalue weighted by Gasteiger charge is 2.06. The normalized spacial score (nSPS) is 10.8. The van der Waals surface area contributed by atoms with Crippen molar-refractivity contribution in [2.75, 3.05) is 6.67 Å². The molecule has 0 aromatic heterocycles. The maximum atomic E-state index is 12.3. The lowest BCUT2D eigenvalue weighted by atomic mass is 10.0. The fourth-order valence-corrected chi connectivity index (χ4v) is 2.82. The van der Waals surface area contributed by atoms with Crippen LogP contribution in [0, 0.1) is 13.1 Å². The van der Waals surface area contributed by atoms with Crippen LogP contribution in [-0.2, 0) is 0 Å². The van der Waals surface area contributed by atoms with Crippen LogP contribution in [-0.4, -0.2) is 6.67 Å². The second kappa shape index (κ2) is 4.74. The first-order valence-electron chi connectivity index (χ1n) is 3.48. The van der Waals surface area contributed by atoms with Crippen LogP contribution in [0.25, 0.3) is 0 Å². The van der Waals surface area contributed by atoms with Crippen LogP contribution >= 0.6 is 45.2 Å². The van der Waals surface area contributed by atoms with Gasteiger partial charge in [-0.25, -0.2) is 0 Å². The molecule has 1 aromatic rings. The summed E-state index contributed by atoms with van der Waals surface area (Å²) < 4.78 is 14.6. The van der Waals surface area contributed by atoms with E-state index in [1.54, 1.807) is 0 Å². The second-order valence-electron chi connectivity index (χ2n) is 2.57. The van der Waals surface area contributed by atoms with Gasteiger partial charge in [0.05, 0.1) is 6.67 Å². The standard InChI is InChI=1S/C9H8FI2/c1-6(5-10)7-2-8(11)4-9(12)3-7/h2-4H,5H2,1H3. The van der Waals surface area contributed by atoms with Gasteiger partial charge in [0.2, 0.25) is 0 Å². The summed E-state index contributed by atoms with van der Waals surface area (Å²) in [5, 5.41) is 0. The Morgan fingerprint density at radius 1 is 1.25 bits per heavy atom. The van der Waals surface area contributed by atoms with Crippen LogP contribution in [0.15, 0.2) is 18.2 Å². The number of rotatable bonds is 2. The monoisotopic (exact) mass is 389 g/mol. The van der Waals surface area contributed by atoms with Crippen LogP contribution in [0.5, 0.6) is 0 Å². The van der Waals surface area contributed by atoms with E-state index in [4.69, 9.17) is 0 Å². The Balaban J connectivity index is 3.00. The van der Waals surface area contributed by atoms with Crippen molar-refractivity contribution in [3.05, 3.63) is 36.8 Å². The molecule has 0 aliphatic heterocycles. The molecule has 0 saturated heterocycles. The number of hydrogen-bond donors (Lipinski definition) is 0. The Hall–Kier alpha value is 0.610. The highest BCUT2D eigenvalue weighted by molar-refractivity contribution is 14.1. The summed E-state index contributed by atoms with van der Waals surface area (Å²) in [5.41, 5.74) is 1.01. The first-order valence-corrected chi connectivity index (χ1v) is 5.64. The molecule has 0 spiro atoms. The molecule has 12 heavy (non-hydrogen) atoms. The number of alkyl halides is 1. The van der Waals surface area contributed by atoms with Gasteiger partial charge in [-0.3, -0.25) is 4.39 Å². The van der Waals surface area contributed by atoms with Crippen molar-refractivity contribution in [1.82, 2.24) is 0 Å². The molecule has 0 heterocycles. The molecule has 0 nitrogen and oxygen atoms in total. The SMILES string of the molecule is C[C](CF)c1cc(I)cc(I)c1. The number of halogens is 3. The molecule has 0 saturated carbocycles. The first kappa shape index (κ1) is 10.7. The van der Waals surface area contributed by atoms with E-state index in [1.807, 2.05) is 19.1 Å². The molecule has 3 heteroatoms. The molecule has 0 unspecified atom stereocenters. The Labute approximate surface area is 99.2 Å². The smallest absolute Gasteiger partial charge is 0.0997 e. The van der Waals surface area contributed by atoms with E-state index in [0.717, 1.165) is 18.6 Å². The van der Waals surface area contributed by atoms with Gasteiger partial charge in [0.15, 0.2) is 0 Å². The van der Waals surface area contributed by atoms with Crippen LogP contribution in [0.4, 0.5) is 4.39 Å². The van der Waals surface area contributed by atoms with Gasteiger partial charge in [0, 0.05) is 13.1 Å². The summed E-state index contributed by atoms with van der Waals surface area (Å²) in [6.07, 6.45) is 0. The van der Waals surface area contributed by atoms with Gasteiger partial charge < -0.3 is 0 Å². The van der Waals surface area contributed by atoms with E-state index >= 15 is 0 Å². The Morgan fingerprint density at radius 2 is 1.75 bits per heavy atom. The average molecular weight is 389 g/mol. The van der Waals surface area contributed by atoms with Gasteiger partial charge in [0.1, 0.15) is 0 Å². The second-order valence-corrected chi connectivity index (χ2v) is 5.06. The Kier molecular flexibility index (Phi) is 4.22. The lowest BCUT2D eigenvalue weighted by molar-refractivity contribution is 0.516. The van der Waals surface area contributed by atoms with Crippen molar-refractivity contribution in [1.29, 1.82) is 0 Å². The number of hydrogen-bond acceptors (Lipinski definition) is 0. The fourth-order valence-electron chi connectivity index (χ4n) is 0.877. The molecule has 1 rings (SSSR count). The molecular weight excluding hydrogens is 381 g/mol. The van der Waals surface area contributed by atoms with Gasteiger partial charge in [-0.2, -0.15) is 0 Å². The predicted octanol–water partition coefficient (Wildman–Crippen LogP) is 3.81. The van der Waals surface area contributed by atoms with Crippen LogP contribution in [0.1, 0.15) is 12.5 Å². The molecule has 0 bridgehead atoms. The van der Waals surface area contributed by atoms with Gasteiger partial charge >= 0.3 is 0 Å². The highest BCUT2D eigenvalue weighted by atomic mass is 127. The van der Waals surface area contributed by atoms with Crippen molar-refractivity contribution in [2.45, 2.75) is 6.92 Å². The van der Waals surface area contributed by atoms with E-state index in [0.29, 0.717) is 0 Å². The molecule has 0 fully saturated rings. The van der Waals surface area contributed by atoms with Crippen molar-refractivity contribution < 1.29 is 4.39 Å². The summed E-state index contributed by atoms with van der Waals surface area (Å²) in [6.45, 7) is 1.46. The Bertz CT molecular complexity index is 253. The molecule has 0 N–H and O–H groups in total. The maximum Gasteiger partial charge on any atom is 0.0997 e. The minimum atomic E-state index is -0.365. The topological polar surface area (TPSA) is 0 Å². The summed E-state index contributed by atoms with van der Waals surface area (Å²) in [4.78, 5) is 0. The van der Waals surface area contributed by atoms with Gasteiger partial charge in [-0.05, 0) is 68.9 Å². The summed E-state index contributed by atoms with van der Waals surface area (Å²) in [7, 11) is 0. The molecule has 0 atom stereocenters. The van der Waals surface area contributed by atoms with E-state index < -0.39 is 0 Å². The highest BCUT2D eigenvalue weighted by Crippen LogP contribution is 2.20. The quantitative estimate of drug-likeness (QED) is 0.676. The third-order valence-corrected chi connectivity index (χ3v) is 2.80. The zero-order valence-electron chi connectivity index (χ0n) is 6.57. The van der Waals surface area contributed by atoms with Crippen LogP contribution < -0.4 is 0 Å². The largest absolute Gasteiger partial charge is 0.250 e. The molecule has 0 aliphatic rings. The molecule has 1 radical (unpaired) electrons. The van der Waals surface area contributed by atoms with Crippen molar-refractivity contribution in [3.63, 3.8) is 0 Å². The number of benzene rings is 1. The zero-order valence-corrected chi connectivity index (χ0v) is 10.9. The van der Waals surface area contributed by atoms with Crippen LogP contribution in [0.3, 0.4) is 0 Å². The molecule has 65 valence electrons. The summed E-state index contributed by atoms with van der Waals surface area (Å²) in [6, 6.07) is 6.06. The first-order chi connectivity index (χ1) is 5.63. The summed E-state index contributed by atoms with van der Waals surface area (Å²) in [5.74, 6) is 0.798. The minimum Gasteiger partial charge on any atom is -0.250 e. The summed E-state index contributed by atoms with van der Waals surface area (Å²) >= 11 is 4.48. The molecule has 0 aliphatic carbocycles.